The highest BCUT2D eigenvalue weighted by molar-refractivity contribution is 5.94. The molecule has 0 saturated carbocycles. The quantitative estimate of drug-likeness (QED) is 0.820. The summed E-state index contributed by atoms with van der Waals surface area (Å²) in [5.74, 6) is -0.494. The summed E-state index contributed by atoms with van der Waals surface area (Å²) in [6.07, 6.45) is -5.39. The summed E-state index contributed by atoms with van der Waals surface area (Å²) in [7, 11) is 0. The number of benzene rings is 1. The standard InChI is InChI=1S/C18H17F4N3O2/c19-13-4-5-25(10-13)17(26)12-2-1-3-14(8-12)27-16-7-11(9-23)6-15(24-16)18(20,21)22/h1-3,6-8,13H,4-5,9-10,23H2/t13-/m1/s1. The predicted octanol–water partition coefficient (Wildman–Crippen LogP) is 3.54. The van der Waals surface area contributed by atoms with Crippen LogP contribution in [0.3, 0.4) is 0 Å². The van der Waals surface area contributed by atoms with Crippen LogP contribution in [0.25, 0.3) is 0 Å². The molecule has 1 aliphatic heterocycles. The zero-order chi connectivity index (χ0) is 19.6. The van der Waals surface area contributed by atoms with Crippen molar-refractivity contribution in [3.63, 3.8) is 0 Å². The third-order valence-electron chi connectivity index (χ3n) is 4.11. The van der Waals surface area contributed by atoms with Crippen molar-refractivity contribution in [2.45, 2.75) is 25.3 Å². The Morgan fingerprint density at radius 1 is 1.30 bits per heavy atom. The highest BCUT2D eigenvalue weighted by Crippen LogP contribution is 2.31. The summed E-state index contributed by atoms with van der Waals surface area (Å²) in [5, 5.41) is 0. The summed E-state index contributed by atoms with van der Waals surface area (Å²) in [6, 6.07) is 8.10. The lowest BCUT2D eigenvalue weighted by atomic mass is 10.2. The van der Waals surface area contributed by atoms with E-state index in [1.165, 1.54) is 35.2 Å². The lowest BCUT2D eigenvalue weighted by Gasteiger charge is -2.16. The molecule has 0 radical (unpaired) electrons. The van der Waals surface area contributed by atoms with Crippen LogP contribution in [0, 0.1) is 0 Å². The van der Waals surface area contributed by atoms with Crippen LogP contribution in [0.4, 0.5) is 17.6 Å². The highest BCUT2D eigenvalue weighted by atomic mass is 19.4. The third-order valence-corrected chi connectivity index (χ3v) is 4.11. The number of likely N-dealkylation sites (tertiary alicyclic amines) is 1. The molecule has 2 heterocycles. The Kier molecular flexibility index (Phi) is 5.31. The van der Waals surface area contributed by atoms with Crippen molar-refractivity contribution < 1.29 is 27.1 Å². The number of alkyl halides is 4. The average molecular weight is 383 g/mol. The van der Waals surface area contributed by atoms with Crippen molar-refractivity contribution in [1.82, 2.24) is 9.88 Å². The number of hydrogen-bond acceptors (Lipinski definition) is 4. The SMILES string of the molecule is NCc1cc(Oc2cccc(C(=O)N3CC[C@@H](F)C3)c2)nc(C(F)(F)F)c1. The number of nitrogens with zero attached hydrogens (tertiary/aromatic N) is 2. The first kappa shape index (κ1) is 19.1. The minimum absolute atomic E-state index is 0.0267. The Hall–Kier alpha value is -2.68. The molecule has 2 aromatic rings. The van der Waals surface area contributed by atoms with E-state index in [4.69, 9.17) is 10.5 Å². The molecule has 1 saturated heterocycles. The van der Waals surface area contributed by atoms with Crippen molar-refractivity contribution in [3.8, 4) is 11.6 Å². The van der Waals surface area contributed by atoms with Crippen LogP contribution in [0.1, 0.15) is 28.0 Å². The number of carbonyl (C=O) groups is 1. The van der Waals surface area contributed by atoms with Gasteiger partial charge in [-0.15, -0.1) is 0 Å². The van der Waals surface area contributed by atoms with E-state index in [0.29, 0.717) is 6.54 Å². The molecule has 27 heavy (non-hydrogen) atoms. The van der Waals surface area contributed by atoms with Gasteiger partial charge < -0.3 is 15.4 Å². The van der Waals surface area contributed by atoms with Gasteiger partial charge in [0.1, 0.15) is 17.6 Å². The summed E-state index contributed by atoms with van der Waals surface area (Å²) < 4.78 is 57.6. The number of hydrogen-bond donors (Lipinski definition) is 1. The van der Waals surface area contributed by atoms with Crippen molar-refractivity contribution in [2.75, 3.05) is 13.1 Å². The van der Waals surface area contributed by atoms with Gasteiger partial charge in [-0.2, -0.15) is 13.2 Å². The van der Waals surface area contributed by atoms with Crippen molar-refractivity contribution in [1.29, 1.82) is 0 Å². The second-order valence-electron chi connectivity index (χ2n) is 6.17. The van der Waals surface area contributed by atoms with Crippen LogP contribution < -0.4 is 10.5 Å². The first-order valence-corrected chi connectivity index (χ1v) is 8.26. The first-order chi connectivity index (χ1) is 12.8. The Morgan fingerprint density at radius 2 is 2.07 bits per heavy atom. The van der Waals surface area contributed by atoms with Gasteiger partial charge in [-0.3, -0.25) is 4.79 Å². The maximum absolute atomic E-state index is 13.3. The van der Waals surface area contributed by atoms with Crippen molar-refractivity contribution in [2.24, 2.45) is 5.73 Å². The van der Waals surface area contributed by atoms with E-state index in [9.17, 15) is 22.4 Å². The minimum atomic E-state index is -4.64. The van der Waals surface area contributed by atoms with Gasteiger partial charge in [-0.25, -0.2) is 9.37 Å². The van der Waals surface area contributed by atoms with E-state index in [1.54, 1.807) is 0 Å². The number of pyridine rings is 1. The van der Waals surface area contributed by atoms with Crippen LogP contribution in [-0.2, 0) is 12.7 Å². The molecule has 1 amide bonds. The monoisotopic (exact) mass is 383 g/mol. The number of nitrogens with two attached hydrogens (primary N) is 1. The highest BCUT2D eigenvalue weighted by Gasteiger charge is 2.33. The molecule has 0 spiro atoms. The number of amides is 1. The van der Waals surface area contributed by atoms with Crippen molar-refractivity contribution in [3.05, 3.63) is 53.2 Å². The topological polar surface area (TPSA) is 68.5 Å². The molecule has 5 nitrogen and oxygen atoms in total. The van der Waals surface area contributed by atoms with Gasteiger partial charge in [-0.05, 0) is 36.2 Å². The smallest absolute Gasteiger partial charge is 0.433 e. The molecule has 1 atom stereocenters. The van der Waals surface area contributed by atoms with E-state index >= 15 is 0 Å². The third kappa shape index (κ3) is 4.54. The number of rotatable bonds is 4. The fourth-order valence-corrected chi connectivity index (χ4v) is 2.77. The normalized spacial score (nSPS) is 17.2. The van der Waals surface area contributed by atoms with E-state index in [0.717, 1.165) is 6.07 Å². The fraction of sp³-hybridized carbons (Fsp3) is 0.333. The van der Waals surface area contributed by atoms with Crippen molar-refractivity contribution >= 4 is 5.91 Å². The maximum atomic E-state index is 13.3. The van der Waals surface area contributed by atoms with Gasteiger partial charge in [0.05, 0.1) is 6.54 Å². The molecule has 2 N–H and O–H groups in total. The van der Waals surface area contributed by atoms with Crippen LogP contribution in [0.15, 0.2) is 36.4 Å². The molecule has 1 aromatic carbocycles. The molecule has 0 bridgehead atoms. The average Bonchev–Trinajstić information content (AvgIpc) is 3.06. The van der Waals surface area contributed by atoms with Gasteiger partial charge in [0.15, 0.2) is 0 Å². The number of carbonyl (C=O) groups excluding carboxylic acids is 1. The summed E-state index contributed by atoms with van der Waals surface area (Å²) in [6.45, 7) is 0.235. The van der Waals surface area contributed by atoms with E-state index in [-0.39, 0.29) is 48.2 Å². The fourth-order valence-electron chi connectivity index (χ4n) is 2.77. The second kappa shape index (κ2) is 7.51. The molecule has 1 aliphatic rings. The summed E-state index contributed by atoms with van der Waals surface area (Å²) >= 11 is 0. The predicted molar refractivity (Wildman–Crippen MR) is 89.1 cm³/mol. The van der Waals surface area contributed by atoms with Gasteiger partial charge >= 0.3 is 6.18 Å². The van der Waals surface area contributed by atoms with Gasteiger partial charge in [-0.1, -0.05) is 6.07 Å². The Balaban J connectivity index is 1.83. The Labute approximate surface area is 152 Å². The lowest BCUT2D eigenvalue weighted by molar-refractivity contribution is -0.141. The van der Waals surface area contributed by atoms with E-state index in [2.05, 4.69) is 4.98 Å². The Morgan fingerprint density at radius 3 is 2.70 bits per heavy atom. The largest absolute Gasteiger partial charge is 0.439 e. The summed E-state index contributed by atoms with van der Waals surface area (Å²) in [4.78, 5) is 17.3. The summed E-state index contributed by atoms with van der Waals surface area (Å²) in [5.41, 5.74) is 4.80. The number of ether oxygens (including phenoxy) is 1. The first-order valence-electron chi connectivity index (χ1n) is 8.26. The maximum Gasteiger partial charge on any atom is 0.433 e. The minimum Gasteiger partial charge on any atom is -0.439 e. The number of aromatic nitrogens is 1. The molecule has 0 aliphatic carbocycles. The molecule has 0 unspecified atom stereocenters. The zero-order valence-electron chi connectivity index (χ0n) is 14.2. The Bertz CT molecular complexity index is 842. The molecular formula is C18H17F4N3O2. The van der Waals surface area contributed by atoms with Gasteiger partial charge in [0.25, 0.3) is 5.91 Å². The second-order valence-corrected chi connectivity index (χ2v) is 6.17. The van der Waals surface area contributed by atoms with Gasteiger partial charge in [0, 0.05) is 24.7 Å². The van der Waals surface area contributed by atoms with E-state index in [1.807, 2.05) is 0 Å². The van der Waals surface area contributed by atoms with Crippen LogP contribution in [0.2, 0.25) is 0 Å². The van der Waals surface area contributed by atoms with Crippen LogP contribution >= 0.6 is 0 Å². The number of halogens is 4. The molecule has 144 valence electrons. The van der Waals surface area contributed by atoms with E-state index < -0.39 is 18.0 Å². The van der Waals surface area contributed by atoms with Gasteiger partial charge in [0.2, 0.25) is 5.88 Å². The lowest BCUT2D eigenvalue weighted by Crippen LogP contribution is -2.28. The molecule has 3 rings (SSSR count). The molecule has 9 heteroatoms. The van der Waals surface area contributed by atoms with Crippen LogP contribution in [0.5, 0.6) is 11.6 Å². The molecule has 1 fully saturated rings. The molecule has 1 aromatic heterocycles. The van der Waals surface area contributed by atoms with Crippen LogP contribution in [-0.4, -0.2) is 35.1 Å². The zero-order valence-corrected chi connectivity index (χ0v) is 14.2. The molecular weight excluding hydrogens is 366 g/mol.